The van der Waals surface area contributed by atoms with Crippen LogP contribution in [0.15, 0.2) is 28.7 Å². The van der Waals surface area contributed by atoms with Crippen LogP contribution in [0.25, 0.3) is 0 Å². The van der Waals surface area contributed by atoms with E-state index < -0.39 is 5.97 Å². The SMILES string of the molecule is O=C(O)[C@H]1CC[C@H](c2nnc(COc3ccc(Cl)cc3)o2)CC1. The average Bonchev–Trinajstić information content (AvgIpc) is 3.03. The maximum Gasteiger partial charge on any atom is 0.306 e. The highest BCUT2D eigenvalue weighted by Gasteiger charge is 2.29. The van der Waals surface area contributed by atoms with Gasteiger partial charge in [0.1, 0.15) is 5.75 Å². The van der Waals surface area contributed by atoms with Gasteiger partial charge in [0.05, 0.1) is 5.92 Å². The predicted octanol–water partition coefficient (Wildman–Crippen LogP) is 3.66. The molecule has 2 aromatic rings. The molecule has 1 aliphatic carbocycles. The van der Waals surface area contributed by atoms with E-state index in [1.54, 1.807) is 24.3 Å². The first-order valence-electron chi connectivity index (χ1n) is 7.55. The van der Waals surface area contributed by atoms with E-state index in [4.69, 9.17) is 25.9 Å². The van der Waals surface area contributed by atoms with Crippen LogP contribution in [0.1, 0.15) is 43.4 Å². The normalized spacial score (nSPS) is 21.1. The molecule has 0 atom stereocenters. The smallest absolute Gasteiger partial charge is 0.306 e. The van der Waals surface area contributed by atoms with Gasteiger partial charge in [0, 0.05) is 10.9 Å². The fourth-order valence-corrected chi connectivity index (χ4v) is 2.88. The molecule has 0 radical (unpaired) electrons. The molecule has 122 valence electrons. The predicted molar refractivity (Wildman–Crippen MR) is 82.4 cm³/mol. The summed E-state index contributed by atoms with van der Waals surface area (Å²) < 4.78 is 11.2. The topological polar surface area (TPSA) is 85.5 Å². The molecule has 1 aromatic carbocycles. The van der Waals surface area contributed by atoms with Crippen molar-refractivity contribution >= 4 is 17.6 Å². The second-order valence-corrected chi connectivity index (χ2v) is 6.10. The molecular weight excluding hydrogens is 320 g/mol. The zero-order valence-electron chi connectivity index (χ0n) is 12.4. The first-order chi connectivity index (χ1) is 11.1. The Balaban J connectivity index is 1.54. The molecule has 1 aliphatic rings. The standard InChI is InChI=1S/C16H17ClN2O4/c17-12-5-7-13(8-6-12)22-9-14-18-19-15(23-14)10-1-3-11(4-2-10)16(20)21/h5-8,10-11H,1-4,9H2,(H,20,21)/t10-,11-. The van der Waals surface area contributed by atoms with E-state index in [-0.39, 0.29) is 18.4 Å². The van der Waals surface area contributed by atoms with Gasteiger partial charge in [-0.05, 0) is 49.9 Å². The third kappa shape index (κ3) is 4.01. The van der Waals surface area contributed by atoms with Crippen LogP contribution in [0.2, 0.25) is 5.02 Å². The Morgan fingerprint density at radius 2 is 1.91 bits per heavy atom. The van der Waals surface area contributed by atoms with Gasteiger partial charge in [-0.15, -0.1) is 10.2 Å². The first kappa shape index (κ1) is 15.8. The zero-order valence-corrected chi connectivity index (χ0v) is 13.2. The molecule has 0 saturated heterocycles. The molecule has 0 amide bonds. The summed E-state index contributed by atoms with van der Waals surface area (Å²) in [5.74, 6) is 0.838. The van der Waals surface area contributed by atoms with Crippen molar-refractivity contribution in [2.24, 2.45) is 5.92 Å². The fraction of sp³-hybridized carbons (Fsp3) is 0.438. The van der Waals surface area contributed by atoms with Gasteiger partial charge in [-0.1, -0.05) is 11.6 Å². The van der Waals surface area contributed by atoms with Crippen LogP contribution in [-0.4, -0.2) is 21.3 Å². The van der Waals surface area contributed by atoms with Crippen molar-refractivity contribution < 1.29 is 19.1 Å². The van der Waals surface area contributed by atoms with Crippen LogP contribution >= 0.6 is 11.6 Å². The molecule has 1 heterocycles. The van der Waals surface area contributed by atoms with Crippen molar-refractivity contribution in [2.75, 3.05) is 0 Å². The number of rotatable bonds is 5. The number of carboxylic acid groups (broad SMARTS) is 1. The van der Waals surface area contributed by atoms with Crippen LogP contribution in [0, 0.1) is 5.92 Å². The highest BCUT2D eigenvalue weighted by molar-refractivity contribution is 6.30. The number of aliphatic carboxylic acids is 1. The monoisotopic (exact) mass is 336 g/mol. The minimum atomic E-state index is -0.717. The molecule has 1 N–H and O–H groups in total. The first-order valence-corrected chi connectivity index (χ1v) is 7.93. The molecule has 1 saturated carbocycles. The minimum Gasteiger partial charge on any atom is -0.484 e. The maximum absolute atomic E-state index is 11.0. The van der Waals surface area contributed by atoms with Gasteiger partial charge in [0.25, 0.3) is 5.89 Å². The average molecular weight is 337 g/mol. The van der Waals surface area contributed by atoms with E-state index in [2.05, 4.69) is 10.2 Å². The summed E-state index contributed by atoms with van der Waals surface area (Å²) in [6, 6.07) is 7.04. The van der Waals surface area contributed by atoms with Crippen LogP contribution in [0.4, 0.5) is 0 Å². The summed E-state index contributed by atoms with van der Waals surface area (Å²) in [4.78, 5) is 11.0. The zero-order chi connectivity index (χ0) is 16.2. The Kier molecular flexibility index (Phi) is 4.81. The summed E-state index contributed by atoms with van der Waals surface area (Å²) in [6.07, 6.45) is 2.82. The van der Waals surface area contributed by atoms with E-state index in [0.29, 0.717) is 35.4 Å². The lowest BCUT2D eigenvalue weighted by Crippen LogP contribution is -2.20. The summed E-state index contributed by atoms with van der Waals surface area (Å²) in [7, 11) is 0. The molecule has 23 heavy (non-hydrogen) atoms. The van der Waals surface area contributed by atoms with Crippen molar-refractivity contribution in [2.45, 2.75) is 38.2 Å². The summed E-state index contributed by atoms with van der Waals surface area (Å²) in [6.45, 7) is 0.194. The maximum atomic E-state index is 11.0. The molecule has 0 unspecified atom stereocenters. The van der Waals surface area contributed by atoms with Crippen LogP contribution < -0.4 is 4.74 Å². The van der Waals surface area contributed by atoms with E-state index >= 15 is 0 Å². The number of nitrogens with zero attached hydrogens (tertiary/aromatic N) is 2. The van der Waals surface area contributed by atoms with E-state index in [0.717, 1.165) is 12.8 Å². The van der Waals surface area contributed by atoms with Crippen molar-refractivity contribution in [1.82, 2.24) is 10.2 Å². The highest BCUT2D eigenvalue weighted by atomic mass is 35.5. The second-order valence-electron chi connectivity index (χ2n) is 5.66. The van der Waals surface area contributed by atoms with Crippen molar-refractivity contribution in [1.29, 1.82) is 0 Å². The molecule has 1 fully saturated rings. The van der Waals surface area contributed by atoms with Crippen LogP contribution in [0.5, 0.6) is 5.75 Å². The number of benzene rings is 1. The number of carboxylic acids is 1. The number of ether oxygens (including phenoxy) is 1. The number of aromatic nitrogens is 2. The Hall–Kier alpha value is -2.08. The Labute approximate surface area is 138 Å². The third-order valence-corrected chi connectivity index (χ3v) is 4.34. The van der Waals surface area contributed by atoms with E-state index in [1.807, 2.05) is 0 Å². The second kappa shape index (κ2) is 7.00. The lowest BCUT2D eigenvalue weighted by molar-refractivity contribution is -0.142. The largest absolute Gasteiger partial charge is 0.484 e. The molecule has 0 bridgehead atoms. The molecule has 1 aromatic heterocycles. The van der Waals surface area contributed by atoms with Crippen molar-refractivity contribution in [3.8, 4) is 5.75 Å². The van der Waals surface area contributed by atoms with E-state index in [1.165, 1.54) is 0 Å². The minimum absolute atomic E-state index is 0.141. The van der Waals surface area contributed by atoms with Gasteiger partial charge >= 0.3 is 5.97 Å². The molecule has 0 spiro atoms. The number of carbonyl (C=O) groups is 1. The van der Waals surface area contributed by atoms with Gasteiger partial charge in [0.2, 0.25) is 5.89 Å². The van der Waals surface area contributed by atoms with Gasteiger partial charge in [-0.2, -0.15) is 0 Å². The van der Waals surface area contributed by atoms with Gasteiger partial charge in [0.15, 0.2) is 6.61 Å². The lowest BCUT2D eigenvalue weighted by atomic mass is 9.82. The van der Waals surface area contributed by atoms with Crippen molar-refractivity contribution in [3.05, 3.63) is 41.1 Å². The van der Waals surface area contributed by atoms with Gasteiger partial charge in [-0.25, -0.2) is 0 Å². The van der Waals surface area contributed by atoms with Crippen LogP contribution in [-0.2, 0) is 11.4 Å². The summed E-state index contributed by atoms with van der Waals surface area (Å²) >= 11 is 5.81. The Morgan fingerprint density at radius 3 is 2.57 bits per heavy atom. The van der Waals surface area contributed by atoms with Gasteiger partial charge < -0.3 is 14.3 Å². The van der Waals surface area contributed by atoms with Gasteiger partial charge in [-0.3, -0.25) is 4.79 Å². The molecule has 0 aliphatic heterocycles. The fourth-order valence-electron chi connectivity index (χ4n) is 2.75. The Bertz CT molecular complexity index is 663. The highest BCUT2D eigenvalue weighted by Crippen LogP contribution is 2.35. The van der Waals surface area contributed by atoms with E-state index in [9.17, 15) is 4.79 Å². The number of halogens is 1. The quantitative estimate of drug-likeness (QED) is 0.896. The number of hydrogen-bond acceptors (Lipinski definition) is 5. The molecule has 3 rings (SSSR count). The van der Waals surface area contributed by atoms with Crippen molar-refractivity contribution in [3.63, 3.8) is 0 Å². The molecule has 7 heteroatoms. The Morgan fingerprint density at radius 1 is 1.22 bits per heavy atom. The third-order valence-electron chi connectivity index (χ3n) is 4.08. The molecular formula is C16H17ClN2O4. The number of hydrogen-bond donors (Lipinski definition) is 1. The summed E-state index contributed by atoms with van der Waals surface area (Å²) in [5, 5.41) is 17.7. The summed E-state index contributed by atoms with van der Waals surface area (Å²) in [5.41, 5.74) is 0. The lowest BCUT2D eigenvalue weighted by Gasteiger charge is -2.23. The molecule has 6 nitrogen and oxygen atoms in total. The van der Waals surface area contributed by atoms with Crippen LogP contribution in [0.3, 0.4) is 0 Å².